The summed E-state index contributed by atoms with van der Waals surface area (Å²) >= 11 is 0. The molecule has 0 heterocycles. The van der Waals surface area contributed by atoms with Gasteiger partial charge in [-0.15, -0.1) is 0 Å². The van der Waals surface area contributed by atoms with Crippen LogP contribution >= 0.6 is 0 Å². The molecule has 2 aliphatic carbocycles. The fraction of sp³-hybridized carbons (Fsp3) is 0.684. The molecule has 2 unspecified atom stereocenters. The van der Waals surface area contributed by atoms with Crippen LogP contribution in [0.3, 0.4) is 0 Å². The lowest BCUT2D eigenvalue weighted by atomic mass is 9.67. The first kappa shape index (κ1) is 15.1. The molecule has 0 aromatic heterocycles. The van der Waals surface area contributed by atoms with Crippen molar-refractivity contribution in [2.45, 2.75) is 76.7 Å². The molecule has 0 aliphatic heterocycles. The molecule has 0 saturated heterocycles. The molecular weight excluding hydrogens is 256 g/mol. The van der Waals surface area contributed by atoms with Crippen molar-refractivity contribution in [3.05, 3.63) is 35.4 Å². The Morgan fingerprint density at radius 1 is 1.19 bits per heavy atom. The number of nitrogens with one attached hydrogen (secondary N) is 1. The fourth-order valence-electron chi connectivity index (χ4n) is 4.65. The zero-order chi connectivity index (χ0) is 14.7. The molecule has 1 saturated carbocycles. The molecule has 0 radical (unpaired) electrons. The van der Waals surface area contributed by atoms with Crippen molar-refractivity contribution in [3.63, 3.8) is 0 Å². The van der Waals surface area contributed by atoms with Gasteiger partial charge in [-0.25, -0.2) is 0 Å². The van der Waals surface area contributed by atoms with Gasteiger partial charge in [0.25, 0.3) is 0 Å². The topological polar surface area (TPSA) is 38.0 Å². The highest BCUT2D eigenvalue weighted by atomic mass is 15.2. The van der Waals surface area contributed by atoms with Crippen LogP contribution in [-0.2, 0) is 6.42 Å². The van der Waals surface area contributed by atoms with Crippen molar-refractivity contribution >= 4 is 0 Å². The largest absolute Gasteiger partial charge is 0.271 e. The minimum Gasteiger partial charge on any atom is -0.271 e. The van der Waals surface area contributed by atoms with E-state index < -0.39 is 0 Å². The van der Waals surface area contributed by atoms with Gasteiger partial charge in [0, 0.05) is 6.04 Å². The van der Waals surface area contributed by atoms with E-state index in [-0.39, 0.29) is 0 Å². The molecule has 1 fully saturated rings. The second-order valence-corrected chi connectivity index (χ2v) is 7.46. The smallest absolute Gasteiger partial charge is 0.0270 e. The average Bonchev–Trinajstić information content (AvgIpc) is 2.53. The molecule has 2 heteroatoms. The normalized spacial score (nSPS) is 26.1. The molecule has 21 heavy (non-hydrogen) atoms. The van der Waals surface area contributed by atoms with Crippen molar-refractivity contribution in [3.8, 4) is 0 Å². The van der Waals surface area contributed by atoms with E-state index in [1.807, 2.05) is 0 Å². The lowest BCUT2D eigenvalue weighted by molar-refractivity contribution is 0.130. The summed E-state index contributed by atoms with van der Waals surface area (Å²) in [5, 5.41) is 0. The van der Waals surface area contributed by atoms with E-state index in [0.717, 1.165) is 0 Å². The number of fused-ring (bicyclic) bond motifs is 1. The third kappa shape index (κ3) is 3.17. The highest BCUT2D eigenvalue weighted by Crippen LogP contribution is 2.43. The first-order chi connectivity index (χ1) is 10.2. The molecule has 3 N–H and O–H groups in total. The van der Waals surface area contributed by atoms with E-state index in [4.69, 9.17) is 5.84 Å². The van der Waals surface area contributed by atoms with E-state index in [1.165, 1.54) is 57.8 Å². The Bertz CT molecular complexity index is 462. The van der Waals surface area contributed by atoms with E-state index in [1.54, 1.807) is 11.1 Å². The van der Waals surface area contributed by atoms with Crippen LogP contribution < -0.4 is 11.3 Å². The highest BCUT2D eigenvalue weighted by molar-refractivity contribution is 5.32. The van der Waals surface area contributed by atoms with Gasteiger partial charge in [-0.05, 0) is 61.0 Å². The monoisotopic (exact) mass is 286 g/mol. The van der Waals surface area contributed by atoms with Gasteiger partial charge in [0.2, 0.25) is 0 Å². The van der Waals surface area contributed by atoms with Crippen molar-refractivity contribution < 1.29 is 0 Å². The molecule has 0 spiro atoms. The van der Waals surface area contributed by atoms with E-state index >= 15 is 0 Å². The maximum absolute atomic E-state index is 5.98. The maximum Gasteiger partial charge on any atom is 0.0270 e. The third-order valence-electron chi connectivity index (χ3n) is 6.05. The first-order valence-electron chi connectivity index (χ1n) is 8.77. The van der Waals surface area contributed by atoms with Gasteiger partial charge in [0.05, 0.1) is 0 Å². The van der Waals surface area contributed by atoms with Crippen molar-refractivity contribution in [2.75, 3.05) is 0 Å². The number of benzene rings is 1. The average molecular weight is 286 g/mol. The van der Waals surface area contributed by atoms with Crippen LogP contribution in [0.15, 0.2) is 24.3 Å². The molecule has 3 rings (SSSR count). The summed E-state index contributed by atoms with van der Waals surface area (Å²) in [7, 11) is 0. The van der Waals surface area contributed by atoms with Gasteiger partial charge >= 0.3 is 0 Å². The predicted octanol–water partition coefficient (Wildman–Crippen LogP) is 4.30. The molecule has 2 nitrogen and oxygen atoms in total. The van der Waals surface area contributed by atoms with Gasteiger partial charge in [0.1, 0.15) is 0 Å². The van der Waals surface area contributed by atoms with E-state index in [2.05, 4.69) is 36.6 Å². The number of hydrogen-bond acceptors (Lipinski definition) is 2. The summed E-state index contributed by atoms with van der Waals surface area (Å²) in [5.74, 6) is 6.67. The number of rotatable bonds is 4. The predicted molar refractivity (Wildman–Crippen MR) is 89.0 cm³/mol. The molecule has 116 valence electrons. The Morgan fingerprint density at radius 3 is 2.71 bits per heavy atom. The molecule has 2 aliphatic rings. The fourth-order valence-corrected chi connectivity index (χ4v) is 4.65. The first-order valence-corrected chi connectivity index (χ1v) is 8.77. The van der Waals surface area contributed by atoms with Crippen LogP contribution in [-0.4, -0.2) is 6.04 Å². The SMILES string of the molecule is CC1(C(CC2CCCc3ccccc32)NN)CCCCC1. The second kappa shape index (κ2) is 6.50. The van der Waals surface area contributed by atoms with Gasteiger partial charge < -0.3 is 0 Å². The van der Waals surface area contributed by atoms with Gasteiger partial charge in [-0.1, -0.05) is 50.5 Å². The molecule has 2 atom stereocenters. The Hall–Kier alpha value is -0.860. The number of aryl methyl sites for hydroxylation is 1. The Kier molecular flexibility index (Phi) is 4.66. The molecule has 0 amide bonds. The van der Waals surface area contributed by atoms with Gasteiger partial charge in [-0.2, -0.15) is 0 Å². The minimum atomic E-state index is 0.388. The van der Waals surface area contributed by atoms with Gasteiger partial charge in [0.15, 0.2) is 0 Å². The quantitative estimate of drug-likeness (QED) is 0.640. The zero-order valence-corrected chi connectivity index (χ0v) is 13.4. The molecule has 1 aromatic carbocycles. The summed E-state index contributed by atoms with van der Waals surface area (Å²) < 4.78 is 0. The Labute approximate surface area is 129 Å². The highest BCUT2D eigenvalue weighted by Gasteiger charge is 2.37. The van der Waals surface area contributed by atoms with Crippen LogP contribution in [0.1, 0.15) is 75.3 Å². The van der Waals surface area contributed by atoms with Crippen molar-refractivity contribution in [1.29, 1.82) is 0 Å². The summed E-state index contributed by atoms with van der Waals surface area (Å²) in [4.78, 5) is 0. The zero-order valence-electron chi connectivity index (χ0n) is 13.4. The summed E-state index contributed by atoms with van der Waals surface area (Å²) in [6.07, 6.45) is 11.9. The van der Waals surface area contributed by atoms with Crippen LogP contribution in [0.25, 0.3) is 0 Å². The van der Waals surface area contributed by atoms with E-state index in [9.17, 15) is 0 Å². The van der Waals surface area contributed by atoms with Crippen LogP contribution in [0.2, 0.25) is 0 Å². The van der Waals surface area contributed by atoms with Crippen LogP contribution in [0.5, 0.6) is 0 Å². The standard InChI is InChI=1S/C19H30N2/c1-19(12-5-2-6-13-19)18(21-20)14-16-10-7-9-15-8-3-4-11-17(15)16/h3-4,8,11,16,18,21H,2,5-7,9-10,12-14,20H2,1H3. The number of hydrazine groups is 1. The summed E-state index contributed by atoms with van der Waals surface area (Å²) in [5.41, 5.74) is 6.73. The lowest BCUT2D eigenvalue weighted by Gasteiger charge is -2.42. The third-order valence-corrected chi connectivity index (χ3v) is 6.05. The van der Waals surface area contributed by atoms with Crippen molar-refractivity contribution in [1.82, 2.24) is 5.43 Å². The molecular formula is C19H30N2. The van der Waals surface area contributed by atoms with Crippen LogP contribution in [0.4, 0.5) is 0 Å². The minimum absolute atomic E-state index is 0.388. The molecule has 0 bridgehead atoms. The molecule has 1 aromatic rings. The lowest BCUT2D eigenvalue weighted by Crippen LogP contribution is -2.48. The second-order valence-electron chi connectivity index (χ2n) is 7.46. The Morgan fingerprint density at radius 2 is 1.95 bits per heavy atom. The van der Waals surface area contributed by atoms with Crippen LogP contribution in [0, 0.1) is 5.41 Å². The number of hydrogen-bond donors (Lipinski definition) is 2. The van der Waals surface area contributed by atoms with Gasteiger partial charge in [-0.3, -0.25) is 11.3 Å². The Balaban J connectivity index is 1.76. The van der Waals surface area contributed by atoms with Crippen molar-refractivity contribution in [2.24, 2.45) is 11.3 Å². The van der Waals surface area contributed by atoms with E-state index in [0.29, 0.717) is 17.4 Å². The summed E-state index contributed by atoms with van der Waals surface area (Å²) in [6, 6.07) is 9.49. The summed E-state index contributed by atoms with van der Waals surface area (Å²) in [6.45, 7) is 2.45. The maximum atomic E-state index is 5.98. The number of nitrogens with two attached hydrogens (primary N) is 1.